The van der Waals surface area contributed by atoms with Crippen molar-refractivity contribution in [2.45, 2.75) is 19.8 Å². The number of anilines is 1. The van der Waals surface area contributed by atoms with Gasteiger partial charge >= 0.3 is 0 Å². The first-order chi connectivity index (χ1) is 9.67. The quantitative estimate of drug-likeness (QED) is 0.668. The van der Waals surface area contributed by atoms with Crippen molar-refractivity contribution in [3.63, 3.8) is 0 Å². The molecule has 0 aliphatic carbocycles. The fraction of sp³-hybridized carbons (Fsp3) is 0.176. The Bertz CT molecular complexity index is 598. The van der Waals surface area contributed by atoms with Crippen molar-refractivity contribution >= 4 is 17.5 Å². The molecule has 0 fully saturated rings. The molecule has 1 aromatic heterocycles. The van der Waals surface area contributed by atoms with E-state index in [-0.39, 0.29) is 5.78 Å². The van der Waals surface area contributed by atoms with E-state index in [1.54, 1.807) is 12.2 Å². The van der Waals surface area contributed by atoms with Gasteiger partial charge in [-0.15, -0.1) is 0 Å². The number of aryl methyl sites for hydroxylation is 1. The average Bonchev–Trinajstić information content (AvgIpc) is 2.47. The van der Waals surface area contributed by atoms with Crippen molar-refractivity contribution in [1.82, 2.24) is 4.98 Å². The molecular formula is C17H18N2O. The molecule has 0 unspecified atom stereocenters. The fourth-order valence-electron chi connectivity index (χ4n) is 1.80. The summed E-state index contributed by atoms with van der Waals surface area (Å²) in [7, 11) is 0. The Hall–Kier alpha value is -2.42. The number of benzene rings is 1. The van der Waals surface area contributed by atoms with Crippen LogP contribution in [-0.4, -0.2) is 10.8 Å². The summed E-state index contributed by atoms with van der Waals surface area (Å²) >= 11 is 0. The molecule has 2 aromatic rings. The molecule has 1 heterocycles. The fourth-order valence-corrected chi connectivity index (χ4v) is 1.80. The molecule has 1 aromatic carbocycles. The number of carbonyl (C=O) groups is 1. The lowest BCUT2D eigenvalue weighted by molar-refractivity contribution is -0.114. The first-order valence-corrected chi connectivity index (χ1v) is 6.67. The summed E-state index contributed by atoms with van der Waals surface area (Å²) in [6.07, 6.45) is 6.49. The molecule has 2 rings (SSSR count). The second-order valence-electron chi connectivity index (χ2n) is 4.65. The molecule has 0 amide bonds. The number of ketones is 1. The van der Waals surface area contributed by atoms with Crippen molar-refractivity contribution in [3.8, 4) is 0 Å². The summed E-state index contributed by atoms with van der Waals surface area (Å²) in [5, 5.41) is 0. The number of pyridine rings is 1. The maximum Gasteiger partial charge on any atom is 0.161 e. The Labute approximate surface area is 119 Å². The van der Waals surface area contributed by atoms with Gasteiger partial charge in [-0.25, -0.2) is 0 Å². The van der Waals surface area contributed by atoms with E-state index in [1.165, 1.54) is 5.56 Å². The van der Waals surface area contributed by atoms with E-state index >= 15 is 0 Å². The first kappa shape index (κ1) is 14.0. The summed E-state index contributed by atoms with van der Waals surface area (Å²) in [4.78, 5) is 16.1. The average molecular weight is 266 g/mol. The van der Waals surface area contributed by atoms with Crippen molar-refractivity contribution in [3.05, 3.63) is 65.5 Å². The van der Waals surface area contributed by atoms with Crippen LogP contribution in [0.15, 0.2) is 48.7 Å². The van der Waals surface area contributed by atoms with Gasteiger partial charge in [-0.3, -0.25) is 9.78 Å². The molecule has 3 heteroatoms. The van der Waals surface area contributed by atoms with E-state index in [1.807, 2.05) is 42.6 Å². The van der Waals surface area contributed by atoms with Gasteiger partial charge in [0.1, 0.15) is 0 Å². The Balaban J connectivity index is 1.96. The molecule has 0 bridgehead atoms. The Morgan fingerprint density at radius 2 is 1.95 bits per heavy atom. The predicted octanol–water partition coefficient (Wildman–Crippen LogP) is 3.05. The summed E-state index contributed by atoms with van der Waals surface area (Å²) in [6, 6.07) is 11.3. The van der Waals surface area contributed by atoms with Crippen molar-refractivity contribution in [2.75, 3.05) is 5.73 Å². The van der Waals surface area contributed by atoms with Crippen molar-refractivity contribution in [1.29, 1.82) is 0 Å². The summed E-state index contributed by atoms with van der Waals surface area (Å²) in [6.45, 7) is 2.08. The topological polar surface area (TPSA) is 56.0 Å². The van der Waals surface area contributed by atoms with E-state index in [4.69, 9.17) is 5.73 Å². The molecule has 0 aliphatic heterocycles. The number of allylic oxidation sites excluding steroid dienone is 1. The lowest BCUT2D eigenvalue weighted by Gasteiger charge is -1.99. The van der Waals surface area contributed by atoms with Crippen LogP contribution in [0.1, 0.15) is 23.7 Å². The first-order valence-electron chi connectivity index (χ1n) is 6.67. The van der Waals surface area contributed by atoms with Crippen LogP contribution >= 0.6 is 0 Å². The van der Waals surface area contributed by atoms with E-state index < -0.39 is 0 Å². The Morgan fingerprint density at radius 1 is 1.20 bits per heavy atom. The molecule has 102 valence electrons. The zero-order valence-corrected chi connectivity index (χ0v) is 11.5. The maximum absolute atomic E-state index is 11.9. The number of nitrogen functional groups attached to an aromatic ring is 1. The summed E-state index contributed by atoms with van der Waals surface area (Å²) in [5.41, 5.74) is 9.26. The molecule has 0 atom stereocenters. The second kappa shape index (κ2) is 6.66. The predicted molar refractivity (Wildman–Crippen MR) is 82.2 cm³/mol. The number of aromatic nitrogens is 1. The zero-order valence-electron chi connectivity index (χ0n) is 11.5. The molecule has 0 saturated carbocycles. The SMILES string of the molecule is CCc1ccc(CC(=O)/C=C/c2ccc(N)cc2)nc1. The third-order valence-corrected chi connectivity index (χ3v) is 3.05. The standard InChI is InChI=1S/C17H18N2O/c1-2-13-5-9-16(19-12-13)11-17(20)10-6-14-3-7-15(18)8-4-14/h3-10,12H,2,11,18H2,1H3/b10-6+. The largest absolute Gasteiger partial charge is 0.399 e. The maximum atomic E-state index is 11.9. The number of rotatable bonds is 5. The van der Waals surface area contributed by atoms with E-state index in [9.17, 15) is 4.79 Å². The number of nitrogens with two attached hydrogens (primary N) is 1. The minimum absolute atomic E-state index is 0.0403. The number of carbonyl (C=O) groups excluding carboxylic acids is 1. The van der Waals surface area contributed by atoms with Crippen LogP contribution in [0.5, 0.6) is 0 Å². The van der Waals surface area contributed by atoms with E-state index in [0.29, 0.717) is 12.1 Å². The second-order valence-corrected chi connectivity index (χ2v) is 4.65. The normalized spacial score (nSPS) is 10.8. The monoisotopic (exact) mass is 266 g/mol. The minimum Gasteiger partial charge on any atom is -0.399 e. The van der Waals surface area contributed by atoms with Gasteiger partial charge in [0.05, 0.1) is 6.42 Å². The Kier molecular flexibility index (Phi) is 4.66. The van der Waals surface area contributed by atoms with Gasteiger partial charge in [-0.2, -0.15) is 0 Å². The van der Waals surface area contributed by atoms with Gasteiger partial charge in [0, 0.05) is 17.6 Å². The highest BCUT2D eigenvalue weighted by Crippen LogP contribution is 2.08. The van der Waals surface area contributed by atoms with Crippen LogP contribution in [0.25, 0.3) is 6.08 Å². The molecule has 0 radical (unpaired) electrons. The van der Waals surface area contributed by atoms with Crippen molar-refractivity contribution in [2.24, 2.45) is 0 Å². The summed E-state index contributed by atoms with van der Waals surface area (Å²) < 4.78 is 0. The molecule has 0 aliphatic rings. The third-order valence-electron chi connectivity index (χ3n) is 3.05. The van der Waals surface area contributed by atoms with Crippen LogP contribution in [0.3, 0.4) is 0 Å². The molecule has 2 N–H and O–H groups in total. The minimum atomic E-state index is 0.0403. The van der Waals surface area contributed by atoms with Crippen LogP contribution in [-0.2, 0) is 17.6 Å². The lowest BCUT2D eigenvalue weighted by Crippen LogP contribution is -2.01. The third kappa shape index (κ3) is 4.05. The summed E-state index contributed by atoms with van der Waals surface area (Å²) in [5.74, 6) is 0.0403. The highest BCUT2D eigenvalue weighted by molar-refractivity contribution is 5.94. The van der Waals surface area contributed by atoms with Gasteiger partial charge in [-0.05, 0) is 41.8 Å². The molecule has 0 saturated heterocycles. The zero-order chi connectivity index (χ0) is 14.4. The van der Waals surface area contributed by atoms with Gasteiger partial charge in [0.15, 0.2) is 5.78 Å². The van der Waals surface area contributed by atoms with E-state index in [2.05, 4.69) is 11.9 Å². The Morgan fingerprint density at radius 3 is 2.55 bits per heavy atom. The van der Waals surface area contributed by atoms with Gasteiger partial charge in [0.25, 0.3) is 0 Å². The van der Waals surface area contributed by atoms with Crippen LogP contribution in [0.2, 0.25) is 0 Å². The van der Waals surface area contributed by atoms with Crippen LogP contribution < -0.4 is 5.73 Å². The van der Waals surface area contributed by atoms with Crippen LogP contribution in [0, 0.1) is 0 Å². The highest BCUT2D eigenvalue weighted by atomic mass is 16.1. The van der Waals surface area contributed by atoms with E-state index in [0.717, 1.165) is 17.7 Å². The van der Waals surface area contributed by atoms with Gasteiger partial charge in [-0.1, -0.05) is 31.2 Å². The number of nitrogens with zero attached hydrogens (tertiary/aromatic N) is 1. The molecular weight excluding hydrogens is 248 g/mol. The van der Waals surface area contributed by atoms with Gasteiger partial charge < -0.3 is 5.73 Å². The van der Waals surface area contributed by atoms with Crippen molar-refractivity contribution < 1.29 is 4.79 Å². The molecule has 0 spiro atoms. The highest BCUT2D eigenvalue weighted by Gasteiger charge is 2.01. The molecule has 3 nitrogen and oxygen atoms in total. The van der Waals surface area contributed by atoms with Gasteiger partial charge in [0.2, 0.25) is 0 Å². The van der Waals surface area contributed by atoms with Crippen LogP contribution in [0.4, 0.5) is 5.69 Å². The number of hydrogen-bond acceptors (Lipinski definition) is 3. The smallest absolute Gasteiger partial charge is 0.161 e. The lowest BCUT2D eigenvalue weighted by atomic mass is 10.1. The molecule has 20 heavy (non-hydrogen) atoms. The number of hydrogen-bond donors (Lipinski definition) is 1.